The first-order chi connectivity index (χ1) is 14.8. The van der Waals surface area contributed by atoms with Crippen molar-refractivity contribution >= 4 is 44.7 Å². The average Bonchev–Trinajstić information content (AvgIpc) is 3.23. The fourth-order valence-corrected chi connectivity index (χ4v) is 4.31. The van der Waals surface area contributed by atoms with E-state index in [2.05, 4.69) is 0 Å². The highest BCUT2D eigenvalue weighted by atomic mass is 35.5. The lowest BCUT2D eigenvalue weighted by Crippen LogP contribution is -2.41. The molecule has 1 amide bonds. The van der Waals surface area contributed by atoms with Crippen molar-refractivity contribution < 1.29 is 9.18 Å². The van der Waals surface area contributed by atoms with Gasteiger partial charge in [0.1, 0.15) is 17.1 Å². The van der Waals surface area contributed by atoms with Crippen LogP contribution >= 0.6 is 22.9 Å². The Morgan fingerprint density at radius 1 is 1.16 bits per heavy atom. The molecule has 158 valence electrons. The van der Waals surface area contributed by atoms with Gasteiger partial charge in [-0.3, -0.25) is 14.2 Å². The van der Waals surface area contributed by atoms with Crippen molar-refractivity contribution in [2.75, 3.05) is 11.9 Å². The summed E-state index contributed by atoms with van der Waals surface area (Å²) in [6.45, 7) is 1.27. The third-order valence-electron chi connectivity index (χ3n) is 5.02. The maximum Gasteiger partial charge on any atom is 0.336 e. The molecule has 0 spiro atoms. The van der Waals surface area contributed by atoms with Crippen molar-refractivity contribution in [3.8, 4) is 5.69 Å². The summed E-state index contributed by atoms with van der Waals surface area (Å²) in [7, 11) is 1.59. The minimum absolute atomic E-state index is 0.244. The molecule has 31 heavy (non-hydrogen) atoms. The normalized spacial score (nSPS) is 11.1. The van der Waals surface area contributed by atoms with E-state index in [1.54, 1.807) is 49.7 Å². The second-order valence-corrected chi connectivity index (χ2v) is 8.36. The smallest absolute Gasteiger partial charge is 0.314 e. The van der Waals surface area contributed by atoms with Gasteiger partial charge in [0, 0.05) is 17.8 Å². The van der Waals surface area contributed by atoms with Crippen molar-refractivity contribution in [3.63, 3.8) is 0 Å². The van der Waals surface area contributed by atoms with Crippen LogP contribution in [0, 0.1) is 12.7 Å². The van der Waals surface area contributed by atoms with E-state index in [1.807, 2.05) is 0 Å². The highest BCUT2D eigenvalue weighted by molar-refractivity contribution is 7.17. The Bertz CT molecular complexity index is 1440. The predicted molar refractivity (Wildman–Crippen MR) is 121 cm³/mol. The van der Waals surface area contributed by atoms with Gasteiger partial charge in [0.05, 0.1) is 11.2 Å². The van der Waals surface area contributed by atoms with Crippen LogP contribution in [0.1, 0.15) is 5.56 Å². The van der Waals surface area contributed by atoms with E-state index in [0.717, 1.165) is 4.57 Å². The summed E-state index contributed by atoms with van der Waals surface area (Å²) in [4.78, 5) is 40.6. The summed E-state index contributed by atoms with van der Waals surface area (Å²) in [5.41, 5.74) is 0.326. The number of hydrogen-bond acceptors (Lipinski definition) is 4. The highest BCUT2D eigenvalue weighted by Gasteiger charge is 2.20. The first-order valence-corrected chi connectivity index (χ1v) is 10.6. The molecule has 4 aromatic rings. The Morgan fingerprint density at radius 2 is 1.94 bits per heavy atom. The molecule has 0 radical (unpaired) electrons. The molecule has 0 N–H and O–H groups in total. The van der Waals surface area contributed by atoms with E-state index in [4.69, 9.17) is 11.6 Å². The van der Waals surface area contributed by atoms with E-state index in [-0.39, 0.29) is 18.1 Å². The number of halogens is 2. The van der Waals surface area contributed by atoms with Crippen LogP contribution < -0.4 is 16.1 Å². The number of rotatable bonds is 4. The molecule has 2 heterocycles. The van der Waals surface area contributed by atoms with E-state index < -0.39 is 17.1 Å². The van der Waals surface area contributed by atoms with Crippen molar-refractivity contribution in [1.82, 2.24) is 9.13 Å². The lowest BCUT2D eigenvalue weighted by molar-refractivity contribution is -0.118. The molecule has 0 atom stereocenters. The van der Waals surface area contributed by atoms with Crippen LogP contribution in [-0.2, 0) is 11.3 Å². The molecule has 0 unspecified atom stereocenters. The summed E-state index contributed by atoms with van der Waals surface area (Å²) >= 11 is 7.19. The van der Waals surface area contributed by atoms with Gasteiger partial charge in [0.2, 0.25) is 5.91 Å². The van der Waals surface area contributed by atoms with Crippen LogP contribution in [0.3, 0.4) is 0 Å². The maximum atomic E-state index is 13.7. The number of nitrogens with zero attached hydrogens (tertiary/aromatic N) is 3. The number of fused-ring (bicyclic) bond motifs is 1. The Kier molecular flexibility index (Phi) is 5.51. The SMILES string of the molecule is Cc1cc(-n2c(=O)c3sccc3n(CC(=O)N(C)c3cccc(Cl)c3)c2=O)ccc1F. The lowest BCUT2D eigenvalue weighted by Gasteiger charge is -2.19. The number of aryl methyl sites for hydroxylation is 1. The predicted octanol–water partition coefficient (Wildman–Crippen LogP) is 3.98. The Balaban J connectivity index is 1.84. The van der Waals surface area contributed by atoms with Crippen LogP contribution in [0.15, 0.2) is 63.5 Å². The fourth-order valence-electron chi connectivity index (χ4n) is 3.31. The highest BCUT2D eigenvalue weighted by Crippen LogP contribution is 2.20. The van der Waals surface area contributed by atoms with Crippen LogP contribution in [-0.4, -0.2) is 22.1 Å². The molecule has 0 saturated carbocycles. The summed E-state index contributed by atoms with van der Waals surface area (Å²) in [6, 6.07) is 12.4. The minimum atomic E-state index is -0.672. The molecule has 0 aliphatic carbocycles. The molecule has 2 aromatic heterocycles. The zero-order valence-electron chi connectivity index (χ0n) is 16.6. The zero-order chi connectivity index (χ0) is 22.3. The van der Waals surface area contributed by atoms with Crippen LogP contribution in [0.2, 0.25) is 5.02 Å². The number of aromatic nitrogens is 2. The molecule has 0 bridgehead atoms. The molecule has 2 aromatic carbocycles. The molecule has 0 fully saturated rings. The lowest BCUT2D eigenvalue weighted by atomic mass is 10.2. The quantitative estimate of drug-likeness (QED) is 0.465. The maximum absolute atomic E-state index is 13.7. The summed E-state index contributed by atoms with van der Waals surface area (Å²) in [5.74, 6) is -0.801. The van der Waals surface area contributed by atoms with Gasteiger partial charge in [-0.25, -0.2) is 13.8 Å². The summed E-state index contributed by atoms with van der Waals surface area (Å²) in [5, 5.41) is 2.17. The molecular weight excluding hydrogens is 441 g/mol. The van der Waals surface area contributed by atoms with E-state index in [1.165, 1.54) is 39.0 Å². The summed E-state index contributed by atoms with van der Waals surface area (Å²) in [6.07, 6.45) is 0. The molecule has 0 aliphatic heterocycles. The van der Waals surface area contributed by atoms with Crippen molar-refractivity contribution in [2.24, 2.45) is 0 Å². The first kappa shape index (κ1) is 21.0. The Morgan fingerprint density at radius 3 is 2.65 bits per heavy atom. The molecule has 6 nitrogen and oxygen atoms in total. The van der Waals surface area contributed by atoms with Gasteiger partial charge in [-0.1, -0.05) is 17.7 Å². The van der Waals surface area contributed by atoms with Gasteiger partial charge >= 0.3 is 5.69 Å². The van der Waals surface area contributed by atoms with Crippen LogP contribution in [0.4, 0.5) is 10.1 Å². The average molecular weight is 458 g/mol. The number of amides is 1. The number of hydrogen-bond donors (Lipinski definition) is 0. The van der Waals surface area contributed by atoms with Crippen molar-refractivity contribution in [1.29, 1.82) is 0 Å². The number of carbonyl (C=O) groups is 1. The second-order valence-electron chi connectivity index (χ2n) is 7.01. The molecule has 9 heteroatoms. The van der Waals surface area contributed by atoms with E-state index in [0.29, 0.717) is 26.5 Å². The largest absolute Gasteiger partial charge is 0.336 e. The standard InChI is InChI=1S/C22H17ClFN3O3S/c1-13-10-16(6-7-17(13)24)27-21(29)20-18(8-9-31-20)26(22(27)30)12-19(28)25(2)15-5-3-4-14(23)11-15/h3-11H,12H2,1-2H3. The number of benzene rings is 2. The molecular formula is C22H17ClFN3O3S. The van der Waals surface area contributed by atoms with Crippen molar-refractivity contribution in [3.05, 3.63) is 91.2 Å². The molecule has 0 saturated heterocycles. The number of anilines is 1. The van der Waals surface area contributed by atoms with Crippen molar-refractivity contribution in [2.45, 2.75) is 13.5 Å². The summed E-state index contributed by atoms with van der Waals surface area (Å²) < 4.78 is 16.3. The third kappa shape index (κ3) is 3.80. The van der Waals surface area contributed by atoms with Gasteiger partial charge in [0.15, 0.2) is 0 Å². The first-order valence-electron chi connectivity index (χ1n) is 9.29. The Hall–Kier alpha value is -3.23. The van der Waals surface area contributed by atoms with E-state index in [9.17, 15) is 18.8 Å². The second kappa shape index (κ2) is 8.13. The zero-order valence-corrected chi connectivity index (χ0v) is 18.2. The van der Waals surface area contributed by atoms with Gasteiger partial charge in [-0.05, 0) is 60.3 Å². The van der Waals surface area contributed by atoms with Gasteiger partial charge < -0.3 is 4.90 Å². The topological polar surface area (TPSA) is 64.3 Å². The molecule has 4 rings (SSSR count). The van der Waals surface area contributed by atoms with Crippen LogP contribution in [0.25, 0.3) is 15.9 Å². The van der Waals surface area contributed by atoms with Gasteiger partial charge in [-0.15, -0.1) is 11.3 Å². The fraction of sp³-hybridized carbons (Fsp3) is 0.136. The third-order valence-corrected chi connectivity index (χ3v) is 6.14. The molecule has 0 aliphatic rings. The Labute approximate surface area is 185 Å². The number of thiophene rings is 1. The minimum Gasteiger partial charge on any atom is -0.314 e. The van der Waals surface area contributed by atoms with Gasteiger partial charge in [-0.2, -0.15) is 0 Å². The number of carbonyl (C=O) groups excluding carboxylic acids is 1. The number of likely N-dealkylation sites (N-methyl/N-ethyl adjacent to an activating group) is 1. The van der Waals surface area contributed by atoms with Crippen LogP contribution in [0.5, 0.6) is 0 Å². The van der Waals surface area contributed by atoms with Gasteiger partial charge in [0.25, 0.3) is 5.56 Å². The monoisotopic (exact) mass is 457 g/mol. The van der Waals surface area contributed by atoms with E-state index >= 15 is 0 Å².